The maximum absolute atomic E-state index is 12.3. The van der Waals surface area contributed by atoms with E-state index >= 15 is 0 Å². The van der Waals surface area contributed by atoms with E-state index in [2.05, 4.69) is 4.99 Å². The summed E-state index contributed by atoms with van der Waals surface area (Å²) in [5.41, 5.74) is 1.41. The van der Waals surface area contributed by atoms with Crippen molar-refractivity contribution in [1.29, 1.82) is 0 Å². The number of aromatic nitrogens is 1. The molecule has 3 rings (SSSR count). The van der Waals surface area contributed by atoms with Crippen LogP contribution < -0.4 is 4.74 Å². The smallest absolute Gasteiger partial charge is 0.187 e. The Labute approximate surface area is 150 Å². The number of carbonyl (C=O) groups is 1. The number of hydrogen-bond acceptors (Lipinski definition) is 5. The Hall–Kier alpha value is -3.54. The molecule has 0 atom stereocenters. The van der Waals surface area contributed by atoms with Crippen LogP contribution >= 0.6 is 0 Å². The standard InChI is InChI=1S/C20H18N2O4/c1-26-16-5-7-18(23)14(10-16)12-21-13-20(25)17-6-4-15(11-19(17)24)22-8-2-3-9-22/h2-12,23-24H,13H2,1H3. The van der Waals surface area contributed by atoms with Crippen molar-refractivity contribution < 1.29 is 19.7 Å². The minimum atomic E-state index is -0.319. The van der Waals surface area contributed by atoms with E-state index in [0.29, 0.717) is 11.3 Å². The van der Waals surface area contributed by atoms with Gasteiger partial charge in [0.1, 0.15) is 23.8 Å². The monoisotopic (exact) mass is 350 g/mol. The largest absolute Gasteiger partial charge is 0.507 e. The molecular weight excluding hydrogens is 332 g/mol. The van der Waals surface area contributed by atoms with Crippen LogP contribution in [-0.4, -0.2) is 40.4 Å². The maximum Gasteiger partial charge on any atom is 0.187 e. The van der Waals surface area contributed by atoms with E-state index in [1.807, 2.05) is 29.1 Å². The molecule has 0 aliphatic rings. The van der Waals surface area contributed by atoms with Gasteiger partial charge in [-0.05, 0) is 42.5 Å². The third-order valence-electron chi connectivity index (χ3n) is 3.88. The fourth-order valence-corrected chi connectivity index (χ4v) is 2.50. The van der Waals surface area contributed by atoms with Crippen molar-refractivity contribution in [3.05, 3.63) is 72.1 Å². The van der Waals surface area contributed by atoms with Crippen molar-refractivity contribution >= 4 is 12.0 Å². The molecule has 2 N–H and O–H groups in total. The lowest BCUT2D eigenvalue weighted by Gasteiger charge is -2.07. The maximum atomic E-state index is 12.3. The fraction of sp³-hybridized carbons (Fsp3) is 0.100. The summed E-state index contributed by atoms with van der Waals surface area (Å²) in [6, 6.07) is 13.3. The number of methoxy groups -OCH3 is 1. The number of ether oxygens (including phenoxy) is 1. The summed E-state index contributed by atoms with van der Waals surface area (Å²) in [6.45, 7) is -0.146. The van der Waals surface area contributed by atoms with Gasteiger partial charge in [0, 0.05) is 35.9 Å². The highest BCUT2D eigenvalue weighted by Gasteiger charge is 2.11. The summed E-state index contributed by atoms with van der Waals surface area (Å²) in [7, 11) is 1.52. The van der Waals surface area contributed by atoms with Gasteiger partial charge in [-0.25, -0.2) is 0 Å². The second kappa shape index (κ2) is 7.57. The number of rotatable bonds is 6. The number of phenols is 2. The number of nitrogens with zero attached hydrogens (tertiary/aromatic N) is 2. The van der Waals surface area contributed by atoms with Gasteiger partial charge in [-0.3, -0.25) is 9.79 Å². The SMILES string of the molecule is COc1ccc(O)c(C=NCC(=O)c2ccc(-n3cccc3)cc2O)c1. The molecule has 3 aromatic rings. The third-order valence-corrected chi connectivity index (χ3v) is 3.88. The molecule has 1 aromatic heterocycles. The van der Waals surface area contributed by atoms with Gasteiger partial charge in [0.25, 0.3) is 0 Å². The van der Waals surface area contributed by atoms with Crippen molar-refractivity contribution in [3.63, 3.8) is 0 Å². The summed E-state index contributed by atoms with van der Waals surface area (Å²) >= 11 is 0. The molecule has 26 heavy (non-hydrogen) atoms. The molecule has 0 saturated heterocycles. The normalized spacial score (nSPS) is 11.0. The van der Waals surface area contributed by atoms with E-state index in [0.717, 1.165) is 5.69 Å². The van der Waals surface area contributed by atoms with Crippen molar-refractivity contribution in [2.24, 2.45) is 4.99 Å². The minimum Gasteiger partial charge on any atom is -0.507 e. The number of hydrogen-bond donors (Lipinski definition) is 2. The summed E-state index contributed by atoms with van der Waals surface area (Å²) in [5.74, 6) is 0.204. The number of Topliss-reactive ketones (excluding diaryl/α,β-unsaturated/α-hetero) is 1. The summed E-state index contributed by atoms with van der Waals surface area (Å²) in [5, 5.41) is 20.0. The molecule has 2 aromatic carbocycles. The Balaban J connectivity index is 1.72. The predicted octanol–water partition coefficient (Wildman–Crippen LogP) is 3.20. The van der Waals surface area contributed by atoms with Crippen LogP contribution in [0.5, 0.6) is 17.2 Å². The van der Waals surface area contributed by atoms with Crippen molar-refractivity contribution in [1.82, 2.24) is 4.57 Å². The van der Waals surface area contributed by atoms with Crippen LogP contribution in [0.15, 0.2) is 65.9 Å². The average Bonchev–Trinajstić information content (AvgIpc) is 3.17. The van der Waals surface area contributed by atoms with Gasteiger partial charge in [0.05, 0.1) is 12.7 Å². The average molecular weight is 350 g/mol. The highest BCUT2D eigenvalue weighted by Crippen LogP contribution is 2.23. The second-order valence-electron chi connectivity index (χ2n) is 5.61. The zero-order valence-corrected chi connectivity index (χ0v) is 14.2. The van der Waals surface area contributed by atoms with Crippen LogP contribution in [-0.2, 0) is 0 Å². The van der Waals surface area contributed by atoms with Gasteiger partial charge in [-0.2, -0.15) is 0 Å². The molecule has 1 heterocycles. The molecular formula is C20H18N2O4. The molecule has 0 amide bonds. The Bertz CT molecular complexity index is 946. The van der Waals surface area contributed by atoms with Gasteiger partial charge in [0.2, 0.25) is 0 Å². The fourth-order valence-electron chi connectivity index (χ4n) is 2.50. The number of phenolic OH excluding ortho intramolecular Hbond substituents is 2. The predicted molar refractivity (Wildman–Crippen MR) is 98.9 cm³/mol. The van der Waals surface area contributed by atoms with Crippen LogP contribution in [0.4, 0.5) is 0 Å². The first-order chi connectivity index (χ1) is 12.6. The molecule has 0 unspecified atom stereocenters. The highest BCUT2D eigenvalue weighted by atomic mass is 16.5. The van der Waals surface area contributed by atoms with Crippen LogP contribution in [0, 0.1) is 0 Å². The quantitative estimate of drug-likeness (QED) is 0.528. The van der Waals surface area contributed by atoms with E-state index in [1.54, 1.807) is 24.3 Å². The summed E-state index contributed by atoms with van der Waals surface area (Å²) < 4.78 is 6.92. The number of carbonyl (C=O) groups excluding carboxylic acids is 1. The van der Waals surface area contributed by atoms with Gasteiger partial charge in [0.15, 0.2) is 5.78 Å². The Morgan fingerprint density at radius 1 is 1.12 bits per heavy atom. The first-order valence-electron chi connectivity index (χ1n) is 7.95. The lowest BCUT2D eigenvalue weighted by molar-refractivity contribution is 0.0999. The lowest BCUT2D eigenvalue weighted by Crippen LogP contribution is -2.05. The van der Waals surface area contributed by atoms with Crippen LogP contribution in [0.2, 0.25) is 0 Å². The van der Waals surface area contributed by atoms with Crippen molar-refractivity contribution in [2.45, 2.75) is 0 Å². The van der Waals surface area contributed by atoms with Gasteiger partial charge >= 0.3 is 0 Å². The van der Waals surface area contributed by atoms with E-state index in [4.69, 9.17) is 4.74 Å². The van der Waals surface area contributed by atoms with Gasteiger partial charge in [-0.1, -0.05) is 0 Å². The highest BCUT2D eigenvalue weighted by molar-refractivity contribution is 6.01. The number of ketones is 1. The third kappa shape index (κ3) is 3.75. The molecule has 6 heteroatoms. The second-order valence-corrected chi connectivity index (χ2v) is 5.61. The molecule has 0 saturated carbocycles. The Morgan fingerprint density at radius 2 is 1.88 bits per heavy atom. The molecule has 0 bridgehead atoms. The molecule has 0 aliphatic carbocycles. The zero-order chi connectivity index (χ0) is 18.5. The Morgan fingerprint density at radius 3 is 2.58 bits per heavy atom. The Kier molecular flexibility index (Phi) is 5.03. The van der Waals surface area contributed by atoms with Crippen molar-refractivity contribution in [3.8, 4) is 22.9 Å². The van der Waals surface area contributed by atoms with E-state index in [1.165, 1.54) is 25.5 Å². The van der Waals surface area contributed by atoms with Gasteiger partial charge in [-0.15, -0.1) is 0 Å². The van der Waals surface area contributed by atoms with E-state index in [9.17, 15) is 15.0 Å². The molecule has 132 valence electrons. The van der Waals surface area contributed by atoms with E-state index < -0.39 is 0 Å². The first kappa shape index (κ1) is 17.3. The molecule has 0 aliphatic heterocycles. The summed E-state index contributed by atoms with van der Waals surface area (Å²) in [6.07, 6.45) is 5.10. The molecule has 6 nitrogen and oxygen atoms in total. The first-order valence-corrected chi connectivity index (χ1v) is 7.95. The summed E-state index contributed by atoms with van der Waals surface area (Å²) in [4.78, 5) is 16.4. The molecule has 0 fully saturated rings. The lowest BCUT2D eigenvalue weighted by atomic mass is 10.1. The van der Waals surface area contributed by atoms with Crippen LogP contribution in [0.3, 0.4) is 0 Å². The number of aliphatic imine (C=N–C) groups is 1. The van der Waals surface area contributed by atoms with Crippen LogP contribution in [0.1, 0.15) is 15.9 Å². The number of benzene rings is 2. The molecule has 0 spiro atoms. The topological polar surface area (TPSA) is 84.0 Å². The van der Waals surface area contributed by atoms with Gasteiger partial charge < -0.3 is 19.5 Å². The van der Waals surface area contributed by atoms with Crippen molar-refractivity contribution in [2.75, 3.05) is 13.7 Å². The van der Waals surface area contributed by atoms with Crippen LogP contribution in [0.25, 0.3) is 5.69 Å². The molecule has 0 radical (unpaired) electrons. The van der Waals surface area contributed by atoms with E-state index in [-0.39, 0.29) is 29.4 Å². The number of aromatic hydroxyl groups is 2. The zero-order valence-electron chi connectivity index (χ0n) is 14.2. The minimum absolute atomic E-state index is 0.0425.